The molecule has 1 aromatic carbocycles. The third-order valence-corrected chi connectivity index (χ3v) is 7.40. The van der Waals surface area contributed by atoms with Crippen LogP contribution in [0, 0.1) is 12.8 Å². The number of aliphatic hydroxyl groups excluding tert-OH is 1. The third kappa shape index (κ3) is 6.92. The van der Waals surface area contributed by atoms with Crippen LogP contribution in [0.1, 0.15) is 34.9 Å². The minimum atomic E-state index is -0.628. The molecule has 0 radical (unpaired) electrons. The Morgan fingerprint density at radius 3 is 3.00 bits per heavy atom. The van der Waals surface area contributed by atoms with Crippen molar-refractivity contribution in [1.29, 1.82) is 0 Å². The fourth-order valence-electron chi connectivity index (χ4n) is 4.54. The van der Waals surface area contributed by atoms with Gasteiger partial charge in [-0.15, -0.1) is 17.9 Å². The number of ether oxygens (including phenoxy) is 2. The summed E-state index contributed by atoms with van der Waals surface area (Å²) in [6.45, 7) is 9.04. The van der Waals surface area contributed by atoms with E-state index < -0.39 is 6.10 Å². The highest BCUT2D eigenvalue weighted by molar-refractivity contribution is 7.10. The molecule has 1 fully saturated rings. The van der Waals surface area contributed by atoms with Crippen molar-refractivity contribution in [3.63, 3.8) is 0 Å². The molecule has 6 nitrogen and oxygen atoms in total. The number of aryl methyl sites for hydroxylation is 1. The molecular weight excluding hydrogens is 448 g/mol. The van der Waals surface area contributed by atoms with Gasteiger partial charge >= 0.3 is 0 Å². The molecule has 1 amide bonds. The Hall–Kier alpha value is -2.19. The van der Waals surface area contributed by atoms with Crippen LogP contribution in [0.15, 0.2) is 48.4 Å². The monoisotopic (exact) mass is 484 g/mol. The molecule has 1 N–H and O–H groups in total. The topological polar surface area (TPSA) is 62.2 Å². The summed E-state index contributed by atoms with van der Waals surface area (Å²) in [7, 11) is 0. The zero-order chi connectivity index (χ0) is 23.9. The first-order chi connectivity index (χ1) is 16.5. The summed E-state index contributed by atoms with van der Waals surface area (Å²) in [5.41, 5.74) is 2.35. The Bertz CT molecular complexity index is 958. The van der Waals surface area contributed by atoms with E-state index in [0.717, 1.165) is 24.3 Å². The Balaban J connectivity index is 1.42. The first kappa shape index (κ1) is 24.9. The maximum absolute atomic E-state index is 13.6. The van der Waals surface area contributed by atoms with Gasteiger partial charge in [0.25, 0.3) is 0 Å². The highest BCUT2D eigenvalue weighted by Crippen LogP contribution is 2.34. The minimum absolute atomic E-state index is 0.0922. The second-order valence-corrected chi connectivity index (χ2v) is 10.4. The van der Waals surface area contributed by atoms with Crippen molar-refractivity contribution in [2.75, 3.05) is 46.0 Å². The van der Waals surface area contributed by atoms with E-state index >= 15 is 0 Å². The normalized spacial score (nSPS) is 18.6. The van der Waals surface area contributed by atoms with E-state index in [-0.39, 0.29) is 18.6 Å². The largest absolute Gasteiger partial charge is 0.491 e. The van der Waals surface area contributed by atoms with Crippen LogP contribution in [0.3, 0.4) is 0 Å². The van der Waals surface area contributed by atoms with Crippen molar-refractivity contribution in [1.82, 2.24) is 9.80 Å². The molecule has 1 aromatic heterocycles. The molecule has 0 bridgehead atoms. The number of nitrogens with zero attached hydrogens (tertiary/aromatic N) is 2. The number of amides is 1. The number of hydrogen-bond donors (Lipinski definition) is 1. The van der Waals surface area contributed by atoms with Gasteiger partial charge in [-0.2, -0.15) is 0 Å². The summed E-state index contributed by atoms with van der Waals surface area (Å²) in [4.78, 5) is 19.0. The van der Waals surface area contributed by atoms with E-state index in [1.165, 1.54) is 23.3 Å². The van der Waals surface area contributed by atoms with Gasteiger partial charge in [0.1, 0.15) is 12.4 Å². The Labute approximate surface area is 206 Å². The number of thiophene rings is 1. The van der Waals surface area contributed by atoms with Crippen LogP contribution in [0.4, 0.5) is 0 Å². The predicted molar refractivity (Wildman–Crippen MR) is 135 cm³/mol. The second-order valence-electron chi connectivity index (χ2n) is 9.40. The van der Waals surface area contributed by atoms with Crippen LogP contribution in [-0.4, -0.2) is 72.9 Å². The molecule has 1 aliphatic heterocycles. The van der Waals surface area contributed by atoms with Gasteiger partial charge in [-0.05, 0) is 66.8 Å². The van der Waals surface area contributed by atoms with Gasteiger partial charge < -0.3 is 19.5 Å². The summed E-state index contributed by atoms with van der Waals surface area (Å²) in [5.74, 6) is 1.54. The van der Waals surface area contributed by atoms with Crippen molar-refractivity contribution < 1.29 is 19.4 Å². The van der Waals surface area contributed by atoms with E-state index in [1.807, 2.05) is 36.1 Å². The van der Waals surface area contributed by atoms with Crippen molar-refractivity contribution in [3.05, 3.63) is 64.4 Å². The molecule has 2 heterocycles. The van der Waals surface area contributed by atoms with Gasteiger partial charge in [0.15, 0.2) is 0 Å². The fourth-order valence-corrected chi connectivity index (χ4v) is 5.47. The van der Waals surface area contributed by atoms with Gasteiger partial charge in [-0.1, -0.05) is 18.2 Å². The molecule has 0 saturated heterocycles. The smallest absolute Gasteiger partial charge is 0.237 e. The molecule has 7 heteroatoms. The molecule has 0 unspecified atom stereocenters. The zero-order valence-corrected chi connectivity index (χ0v) is 20.8. The first-order valence-corrected chi connectivity index (χ1v) is 13.1. The summed E-state index contributed by atoms with van der Waals surface area (Å²) in [5, 5.41) is 12.6. The molecular formula is C27H36N2O4S. The second kappa shape index (κ2) is 12.0. The lowest BCUT2D eigenvalue weighted by molar-refractivity contribution is -0.136. The van der Waals surface area contributed by atoms with Crippen molar-refractivity contribution in [2.24, 2.45) is 5.92 Å². The molecule has 34 heavy (non-hydrogen) atoms. The van der Waals surface area contributed by atoms with E-state index in [0.29, 0.717) is 38.8 Å². The van der Waals surface area contributed by atoms with Crippen LogP contribution in [0.25, 0.3) is 0 Å². The lowest BCUT2D eigenvalue weighted by Gasteiger charge is -2.37. The van der Waals surface area contributed by atoms with E-state index in [1.54, 1.807) is 17.4 Å². The Morgan fingerprint density at radius 2 is 2.24 bits per heavy atom. The average Bonchev–Trinajstić information content (AvgIpc) is 3.49. The van der Waals surface area contributed by atoms with Crippen molar-refractivity contribution in [2.45, 2.75) is 38.3 Å². The minimum Gasteiger partial charge on any atom is -0.491 e. The SMILES string of the molecule is C=CCOC[C@H](O)CN(CC(=O)N1CCc2sccc2[C@H]1COc1cccc(C)c1)CC1CC1. The standard InChI is InChI=1S/C27H36N2O4S/c1-3-12-32-18-22(30)16-28(15-21-7-8-21)17-27(31)29-11-9-26-24(10-13-34-26)25(29)19-33-23-6-4-5-20(2)14-23/h3-6,10,13-14,21-22,25,30H,1,7-9,11-12,15-19H2,2H3/t22-,25-/m1/s1. The maximum atomic E-state index is 13.6. The summed E-state index contributed by atoms with van der Waals surface area (Å²) in [6, 6.07) is 10.1. The Morgan fingerprint density at radius 1 is 1.38 bits per heavy atom. The highest BCUT2D eigenvalue weighted by atomic mass is 32.1. The molecule has 2 aliphatic rings. The number of aliphatic hydroxyl groups is 1. The van der Waals surface area contributed by atoms with E-state index in [9.17, 15) is 9.90 Å². The molecule has 0 spiro atoms. The van der Waals surface area contributed by atoms with E-state index in [2.05, 4.69) is 22.9 Å². The number of benzene rings is 1. The van der Waals surface area contributed by atoms with Crippen molar-refractivity contribution in [3.8, 4) is 5.75 Å². The number of carbonyl (C=O) groups excluding carboxylic acids is 1. The van der Waals surface area contributed by atoms with Crippen LogP contribution in [0.2, 0.25) is 0 Å². The molecule has 4 rings (SSSR count). The zero-order valence-electron chi connectivity index (χ0n) is 20.0. The summed E-state index contributed by atoms with van der Waals surface area (Å²) >= 11 is 1.76. The predicted octanol–water partition coefficient (Wildman–Crippen LogP) is 3.84. The molecule has 184 valence electrons. The van der Waals surface area contributed by atoms with Gasteiger partial charge in [0.2, 0.25) is 5.91 Å². The third-order valence-electron chi connectivity index (χ3n) is 6.40. The van der Waals surface area contributed by atoms with Crippen LogP contribution in [0.5, 0.6) is 5.75 Å². The maximum Gasteiger partial charge on any atom is 0.237 e. The van der Waals surface area contributed by atoms with Gasteiger partial charge in [0, 0.05) is 24.5 Å². The van der Waals surface area contributed by atoms with Gasteiger partial charge in [0.05, 0.1) is 31.9 Å². The lowest BCUT2D eigenvalue weighted by Crippen LogP contribution is -2.48. The highest BCUT2D eigenvalue weighted by Gasteiger charge is 2.34. The number of carbonyl (C=O) groups is 1. The van der Waals surface area contributed by atoms with Crippen LogP contribution < -0.4 is 4.74 Å². The van der Waals surface area contributed by atoms with Gasteiger partial charge in [-0.3, -0.25) is 9.69 Å². The van der Waals surface area contributed by atoms with Gasteiger partial charge in [-0.25, -0.2) is 0 Å². The van der Waals surface area contributed by atoms with Crippen molar-refractivity contribution >= 4 is 17.2 Å². The average molecular weight is 485 g/mol. The quantitative estimate of drug-likeness (QED) is 0.346. The Kier molecular flexibility index (Phi) is 8.78. The summed E-state index contributed by atoms with van der Waals surface area (Å²) < 4.78 is 11.6. The van der Waals surface area contributed by atoms with Crippen LogP contribution in [-0.2, 0) is 16.0 Å². The van der Waals surface area contributed by atoms with Crippen LogP contribution >= 0.6 is 11.3 Å². The number of rotatable bonds is 13. The molecule has 2 aromatic rings. The fraction of sp³-hybridized carbons (Fsp3) is 0.519. The molecule has 1 aliphatic carbocycles. The number of hydrogen-bond acceptors (Lipinski definition) is 6. The summed E-state index contributed by atoms with van der Waals surface area (Å²) in [6.07, 6.45) is 4.31. The van der Waals surface area contributed by atoms with E-state index in [4.69, 9.17) is 9.47 Å². The lowest BCUT2D eigenvalue weighted by atomic mass is 10.0. The molecule has 2 atom stereocenters. The first-order valence-electron chi connectivity index (χ1n) is 12.2. The number of fused-ring (bicyclic) bond motifs is 1. The molecule has 1 saturated carbocycles.